The fourth-order valence-corrected chi connectivity index (χ4v) is 3.08. The lowest BCUT2D eigenvalue weighted by Gasteiger charge is -2.34. The molecule has 2 rings (SSSR count). The molecule has 0 bridgehead atoms. The first-order valence-corrected chi connectivity index (χ1v) is 8.27. The highest BCUT2D eigenvalue weighted by molar-refractivity contribution is 9.10. The maximum absolute atomic E-state index is 12.7. The third-order valence-corrected chi connectivity index (χ3v) is 4.82. The van der Waals surface area contributed by atoms with Gasteiger partial charge >= 0.3 is 0 Å². The van der Waals surface area contributed by atoms with Crippen LogP contribution in [-0.4, -0.2) is 36.5 Å². The number of nitrogens with one attached hydrogen (secondary N) is 1. The van der Waals surface area contributed by atoms with E-state index in [9.17, 15) is 4.79 Å². The van der Waals surface area contributed by atoms with Crippen molar-refractivity contribution in [1.29, 1.82) is 0 Å². The number of rotatable bonds is 4. The van der Waals surface area contributed by atoms with Crippen molar-refractivity contribution in [3.63, 3.8) is 0 Å². The molecule has 5 heteroatoms. The lowest BCUT2D eigenvalue weighted by Crippen LogP contribution is -2.49. The highest BCUT2D eigenvalue weighted by Crippen LogP contribution is 2.24. The van der Waals surface area contributed by atoms with Crippen LogP contribution in [0.1, 0.15) is 36.5 Å². The smallest absolute Gasteiger partial charge is 0.254 e. The van der Waals surface area contributed by atoms with E-state index in [4.69, 9.17) is 11.6 Å². The van der Waals surface area contributed by atoms with E-state index in [0.717, 1.165) is 43.4 Å². The van der Waals surface area contributed by atoms with Gasteiger partial charge in [0, 0.05) is 29.2 Å². The van der Waals surface area contributed by atoms with Gasteiger partial charge in [0.1, 0.15) is 0 Å². The Labute approximate surface area is 133 Å². The zero-order chi connectivity index (χ0) is 14.5. The fourth-order valence-electron chi connectivity index (χ4n) is 2.59. The largest absolute Gasteiger partial charge is 0.334 e. The molecule has 20 heavy (non-hydrogen) atoms. The van der Waals surface area contributed by atoms with Crippen molar-refractivity contribution >= 4 is 33.4 Å². The molecule has 1 heterocycles. The Morgan fingerprint density at radius 1 is 1.55 bits per heavy atom. The minimum atomic E-state index is 0.0953. The predicted octanol–water partition coefficient (Wildman–Crippen LogP) is 3.71. The number of benzene rings is 1. The summed E-state index contributed by atoms with van der Waals surface area (Å²) < 4.78 is 0.767. The summed E-state index contributed by atoms with van der Waals surface area (Å²) in [6.45, 7) is 4.84. The topological polar surface area (TPSA) is 32.3 Å². The van der Waals surface area contributed by atoms with Gasteiger partial charge in [-0.1, -0.05) is 18.5 Å². The standard InChI is InChI=1S/C15H20BrClN2O/c1-2-8-19(12-4-3-7-18-10-12)15(20)11-5-6-14(17)13(16)9-11/h5-6,9,12,18H,2-4,7-8,10H2,1H3. The predicted molar refractivity (Wildman–Crippen MR) is 86.4 cm³/mol. The second kappa shape index (κ2) is 7.43. The van der Waals surface area contributed by atoms with E-state index in [2.05, 4.69) is 28.2 Å². The molecule has 0 saturated carbocycles. The Bertz CT molecular complexity index is 475. The monoisotopic (exact) mass is 358 g/mol. The first-order valence-electron chi connectivity index (χ1n) is 7.10. The quantitative estimate of drug-likeness (QED) is 0.889. The van der Waals surface area contributed by atoms with Crippen molar-refractivity contribution in [1.82, 2.24) is 10.2 Å². The molecule has 1 N–H and O–H groups in total. The molecule has 3 nitrogen and oxygen atoms in total. The van der Waals surface area contributed by atoms with Crippen LogP contribution in [0.5, 0.6) is 0 Å². The normalized spacial score (nSPS) is 18.9. The van der Waals surface area contributed by atoms with E-state index in [1.54, 1.807) is 12.1 Å². The lowest BCUT2D eigenvalue weighted by atomic mass is 10.0. The van der Waals surface area contributed by atoms with Crippen molar-refractivity contribution in [3.8, 4) is 0 Å². The lowest BCUT2D eigenvalue weighted by molar-refractivity contribution is 0.0649. The number of piperidine rings is 1. The van der Waals surface area contributed by atoms with Crippen LogP contribution in [-0.2, 0) is 0 Å². The average molecular weight is 360 g/mol. The molecule has 0 aliphatic carbocycles. The molecule has 1 saturated heterocycles. The van der Waals surface area contributed by atoms with Crippen LogP contribution in [0.15, 0.2) is 22.7 Å². The molecule has 1 aliphatic rings. The number of nitrogens with zero attached hydrogens (tertiary/aromatic N) is 1. The highest BCUT2D eigenvalue weighted by atomic mass is 79.9. The molecular formula is C15H20BrClN2O. The summed E-state index contributed by atoms with van der Waals surface area (Å²) >= 11 is 9.38. The van der Waals surface area contributed by atoms with E-state index >= 15 is 0 Å². The molecule has 1 atom stereocenters. The molecular weight excluding hydrogens is 340 g/mol. The average Bonchev–Trinajstić information content (AvgIpc) is 2.48. The molecule has 0 aromatic heterocycles. The molecule has 1 fully saturated rings. The van der Waals surface area contributed by atoms with Gasteiger partial charge in [-0.15, -0.1) is 0 Å². The maximum Gasteiger partial charge on any atom is 0.254 e. The van der Waals surface area contributed by atoms with E-state index < -0.39 is 0 Å². The molecule has 1 unspecified atom stereocenters. The van der Waals surface area contributed by atoms with Gasteiger partial charge in [0.25, 0.3) is 5.91 Å². The first kappa shape index (κ1) is 15.8. The Morgan fingerprint density at radius 2 is 2.35 bits per heavy atom. The summed E-state index contributed by atoms with van der Waals surface area (Å²) in [7, 11) is 0. The number of carbonyl (C=O) groups excluding carboxylic acids is 1. The van der Waals surface area contributed by atoms with Crippen molar-refractivity contribution in [2.45, 2.75) is 32.2 Å². The van der Waals surface area contributed by atoms with Crippen LogP contribution >= 0.6 is 27.5 Å². The summed E-state index contributed by atoms with van der Waals surface area (Å²) in [5.74, 6) is 0.0953. The van der Waals surface area contributed by atoms with E-state index in [-0.39, 0.29) is 5.91 Å². The molecule has 1 aromatic carbocycles. The van der Waals surface area contributed by atoms with Gasteiger partial charge in [-0.2, -0.15) is 0 Å². The third kappa shape index (κ3) is 3.74. The van der Waals surface area contributed by atoms with Crippen molar-refractivity contribution in [3.05, 3.63) is 33.3 Å². The van der Waals surface area contributed by atoms with Crippen molar-refractivity contribution in [2.75, 3.05) is 19.6 Å². The van der Waals surface area contributed by atoms with Gasteiger partial charge < -0.3 is 10.2 Å². The van der Waals surface area contributed by atoms with Gasteiger partial charge in [0.05, 0.1) is 5.02 Å². The van der Waals surface area contributed by atoms with Crippen LogP contribution in [0.3, 0.4) is 0 Å². The molecule has 1 aromatic rings. The number of amides is 1. The third-order valence-electron chi connectivity index (χ3n) is 3.60. The number of halogens is 2. The van der Waals surface area contributed by atoms with Crippen molar-refractivity contribution in [2.24, 2.45) is 0 Å². The second-order valence-electron chi connectivity index (χ2n) is 5.13. The second-order valence-corrected chi connectivity index (χ2v) is 6.39. The summed E-state index contributed by atoms with van der Waals surface area (Å²) in [6.07, 6.45) is 3.17. The maximum atomic E-state index is 12.7. The minimum absolute atomic E-state index is 0.0953. The van der Waals surface area contributed by atoms with E-state index in [1.807, 2.05) is 11.0 Å². The number of carbonyl (C=O) groups is 1. The van der Waals surface area contributed by atoms with Crippen molar-refractivity contribution < 1.29 is 4.79 Å². The summed E-state index contributed by atoms with van der Waals surface area (Å²) in [4.78, 5) is 14.7. The number of hydrogen-bond acceptors (Lipinski definition) is 2. The summed E-state index contributed by atoms with van der Waals surface area (Å²) in [6, 6.07) is 5.67. The number of hydrogen-bond donors (Lipinski definition) is 1. The molecule has 1 amide bonds. The zero-order valence-corrected chi connectivity index (χ0v) is 14.0. The van der Waals surface area contributed by atoms with Gasteiger partial charge in [0.2, 0.25) is 0 Å². The van der Waals surface area contributed by atoms with Crippen LogP contribution < -0.4 is 5.32 Å². The summed E-state index contributed by atoms with van der Waals surface area (Å²) in [5.41, 5.74) is 0.695. The Balaban J connectivity index is 2.18. The Morgan fingerprint density at radius 3 is 2.95 bits per heavy atom. The Hall–Kier alpha value is -0.580. The molecule has 110 valence electrons. The van der Waals surface area contributed by atoms with Crippen LogP contribution in [0, 0.1) is 0 Å². The fraction of sp³-hybridized carbons (Fsp3) is 0.533. The van der Waals surface area contributed by atoms with Gasteiger partial charge in [-0.3, -0.25) is 4.79 Å². The van der Waals surface area contributed by atoms with E-state index in [0.29, 0.717) is 16.6 Å². The van der Waals surface area contributed by atoms with Gasteiger partial charge in [-0.25, -0.2) is 0 Å². The highest BCUT2D eigenvalue weighted by Gasteiger charge is 2.25. The Kier molecular flexibility index (Phi) is 5.87. The van der Waals surface area contributed by atoms with Crippen LogP contribution in [0.25, 0.3) is 0 Å². The molecule has 0 spiro atoms. The minimum Gasteiger partial charge on any atom is -0.334 e. The van der Waals surface area contributed by atoms with E-state index in [1.165, 1.54) is 0 Å². The van der Waals surface area contributed by atoms with Gasteiger partial charge in [-0.05, 0) is 59.9 Å². The molecule has 1 aliphatic heterocycles. The first-order chi connectivity index (χ1) is 9.63. The van der Waals surface area contributed by atoms with Crippen LogP contribution in [0.4, 0.5) is 0 Å². The SMILES string of the molecule is CCCN(C(=O)c1ccc(Cl)c(Br)c1)C1CCCNC1. The summed E-state index contributed by atoms with van der Waals surface area (Å²) in [5, 5.41) is 4.00. The molecule has 0 radical (unpaired) electrons. The van der Waals surface area contributed by atoms with Crippen LogP contribution in [0.2, 0.25) is 5.02 Å². The van der Waals surface area contributed by atoms with Gasteiger partial charge in [0.15, 0.2) is 0 Å². The zero-order valence-electron chi connectivity index (χ0n) is 11.7.